The van der Waals surface area contributed by atoms with Crippen LogP contribution in [0.2, 0.25) is 0 Å². The van der Waals surface area contributed by atoms with Gasteiger partial charge in [0.2, 0.25) is 0 Å². The number of ether oxygens (including phenoxy) is 1. The Bertz CT molecular complexity index is 666. The van der Waals surface area contributed by atoms with E-state index in [1.54, 1.807) is 19.1 Å². The summed E-state index contributed by atoms with van der Waals surface area (Å²) in [4.78, 5) is 12.5. The Hall–Kier alpha value is -1.40. The Balaban J connectivity index is 1.96. The van der Waals surface area contributed by atoms with Crippen LogP contribution in [0.5, 0.6) is 0 Å². The van der Waals surface area contributed by atoms with Crippen LogP contribution in [0.1, 0.15) is 37.8 Å². The highest BCUT2D eigenvalue weighted by atomic mass is 32.2. The van der Waals surface area contributed by atoms with Crippen LogP contribution in [0.15, 0.2) is 29.2 Å². The minimum Gasteiger partial charge on any atom is -0.466 e. The third-order valence-corrected chi connectivity index (χ3v) is 6.67. The third-order valence-electron chi connectivity index (χ3n) is 4.34. The Morgan fingerprint density at radius 2 is 2.00 bits per heavy atom. The summed E-state index contributed by atoms with van der Waals surface area (Å²) in [5, 5.41) is 3.02. The predicted molar refractivity (Wildman–Crippen MR) is 82.1 cm³/mol. The first-order chi connectivity index (χ1) is 10.6. The molecular weight excluding hydrogens is 302 g/mol. The van der Waals surface area contributed by atoms with Gasteiger partial charge in [-0.2, -0.15) is 0 Å². The van der Waals surface area contributed by atoms with Gasteiger partial charge in [-0.1, -0.05) is 18.2 Å². The Labute approximate surface area is 131 Å². The lowest BCUT2D eigenvalue weighted by Gasteiger charge is -2.21. The second-order valence-corrected chi connectivity index (χ2v) is 8.06. The molecule has 3 rings (SSSR count). The fraction of sp³-hybridized carbons (Fsp3) is 0.562. The highest BCUT2D eigenvalue weighted by Gasteiger charge is 2.42. The summed E-state index contributed by atoms with van der Waals surface area (Å²) in [7, 11) is -3.29. The summed E-state index contributed by atoms with van der Waals surface area (Å²) in [6.07, 6.45) is 2.13. The summed E-state index contributed by atoms with van der Waals surface area (Å²) in [6.45, 7) is 2.80. The molecule has 6 heteroatoms. The van der Waals surface area contributed by atoms with Crippen molar-refractivity contribution in [2.45, 2.75) is 42.4 Å². The van der Waals surface area contributed by atoms with Crippen molar-refractivity contribution in [3.05, 3.63) is 29.8 Å². The van der Waals surface area contributed by atoms with E-state index in [2.05, 4.69) is 5.32 Å². The van der Waals surface area contributed by atoms with E-state index in [0.717, 1.165) is 12.8 Å². The van der Waals surface area contributed by atoms with Crippen LogP contribution >= 0.6 is 0 Å². The summed E-state index contributed by atoms with van der Waals surface area (Å²) in [6, 6.07) is 6.75. The van der Waals surface area contributed by atoms with E-state index in [-0.39, 0.29) is 23.2 Å². The molecule has 2 unspecified atom stereocenters. The van der Waals surface area contributed by atoms with Crippen molar-refractivity contribution in [3.8, 4) is 0 Å². The fourth-order valence-corrected chi connectivity index (χ4v) is 5.00. The van der Waals surface area contributed by atoms with E-state index < -0.39 is 9.84 Å². The molecule has 0 aromatic heterocycles. The highest BCUT2D eigenvalue weighted by Crippen LogP contribution is 2.39. The Morgan fingerprint density at radius 1 is 1.27 bits per heavy atom. The molecule has 0 radical (unpaired) electrons. The van der Waals surface area contributed by atoms with Crippen molar-refractivity contribution in [2.75, 3.05) is 13.2 Å². The zero-order valence-corrected chi connectivity index (χ0v) is 13.4. The lowest BCUT2D eigenvalue weighted by atomic mass is 9.94. The monoisotopic (exact) mass is 323 g/mol. The topological polar surface area (TPSA) is 72.5 Å². The molecule has 1 saturated carbocycles. The average molecular weight is 323 g/mol. The second-order valence-electron chi connectivity index (χ2n) is 5.86. The number of hydrogen-bond donors (Lipinski definition) is 1. The van der Waals surface area contributed by atoms with Gasteiger partial charge in [0, 0.05) is 6.04 Å². The van der Waals surface area contributed by atoms with Crippen molar-refractivity contribution < 1.29 is 17.9 Å². The minimum atomic E-state index is -3.29. The molecule has 2 aliphatic rings. The first-order valence-electron chi connectivity index (χ1n) is 7.78. The first kappa shape index (κ1) is 15.5. The molecule has 1 aliphatic carbocycles. The van der Waals surface area contributed by atoms with Crippen molar-refractivity contribution in [3.63, 3.8) is 0 Å². The molecule has 0 spiro atoms. The average Bonchev–Trinajstić information content (AvgIpc) is 3.26. The number of sulfone groups is 1. The van der Waals surface area contributed by atoms with Crippen molar-refractivity contribution in [2.24, 2.45) is 5.92 Å². The quantitative estimate of drug-likeness (QED) is 0.837. The van der Waals surface area contributed by atoms with Gasteiger partial charge < -0.3 is 10.1 Å². The summed E-state index contributed by atoms with van der Waals surface area (Å²) in [5.41, 5.74) is 0.699. The number of nitrogens with one attached hydrogen (secondary N) is 1. The number of carbonyl (C=O) groups is 1. The molecule has 5 nitrogen and oxygen atoms in total. The summed E-state index contributed by atoms with van der Waals surface area (Å²) < 4.78 is 30.4. The molecule has 1 heterocycles. The van der Waals surface area contributed by atoms with Crippen LogP contribution in [-0.4, -0.2) is 32.8 Å². The van der Waals surface area contributed by atoms with Gasteiger partial charge in [0.25, 0.3) is 0 Å². The SMILES string of the molecule is CCOC(=O)C1CCNC1c1ccccc1S(=O)(=O)C1CC1. The lowest BCUT2D eigenvalue weighted by Crippen LogP contribution is -2.27. The van der Waals surface area contributed by atoms with Crippen molar-refractivity contribution in [1.29, 1.82) is 0 Å². The van der Waals surface area contributed by atoms with E-state index in [1.165, 1.54) is 0 Å². The van der Waals surface area contributed by atoms with Crippen LogP contribution in [-0.2, 0) is 19.4 Å². The van der Waals surface area contributed by atoms with Crippen LogP contribution in [0.4, 0.5) is 0 Å². The van der Waals surface area contributed by atoms with E-state index in [9.17, 15) is 13.2 Å². The zero-order chi connectivity index (χ0) is 15.7. The van der Waals surface area contributed by atoms with Gasteiger partial charge in [0.1, 0.15) is 0 Å². The molecular formula is C16H21NO4S. The second kappa shape index (κ2) is 6.01. The van der Waals surface area contributed by atoms with Crippen LogP contribution in [0, 0.1) is 5.92 Å². The highest BCUT2D eigenvalue weighted by molar-refractivity contribution is 7.92. The van der Waals surface area contributed by atoms with Gasteiger partial charge >= 0.3 is 5.97 Å². The maximum Gasteiger partial charge on any atom is 0.310 e. The Kier molecular flexibility index (Phi) is 4.23. The molecule has 2 fully saturated rings. The number of benzene rings is 1. The number of esters is 1. The van der Waals surface area contributed by atoms with Crippen LogP contribution in [0.25, 0.3) is 0 Å². The number of hydrogen-bond acceptors (Lipinski definition) is 5. The molecule has 1 saturated heterocycles. The molecule has 1 aromatic carbocycles. The standard InChI is InChI=1S/C16H21NO4S/c1-2-21-16(18)13-9-10-17-15(13)12-5-3-4-6-14(12)22(19,20)11-7-8-11/h3-6,11,13,15,17H,2,7-10H2,1H3. The first-order valence-corrected chi connectivity index (χ1v) is 9.33. The molecule has 0 bridgehead atoms. The minimum absolute atomic E-state index is 0.254. The van der Waals surface area contributed by atoms with Gasteiger partial charge in [0.05, 0.1) is 22.7 Å². The van der Waals surface area contributed by atoms with Gasteiger partial charge in [-0.15, -0.1) is 0 Å². The van der Waals surface area contributed by atoms with Gasteiger partial charge in [-0.3, -0.25) is 4.79 Å². The van der Waals surface area contributed by atoms with Crippen molar-refractivity contribution >= 4 is 15.8 Å². The fourth-order valence-electron chi connectivity index (χ4n) is 3.09. The van der Waals surface area contributed by atoms with E-state index >= 15 is 0 Å². The van der Waals surface area contributed by atoms with E-state index in [4.69, 9.17) is 4.74 Å². The largest absolute Gasteiger partial charge is 0.466 e. The molecule has 1 aromatic rings. The van der Waals surface area contributed by atoms with Crippen LogP contribution in [0.3, 0.4) is 0 Å². The summed E-state index contributed by atoms with van der Waals surface area (Å²) in [5.74, 6) is -0.577. The maximum absolute atomic E-state index is 12.6. The van der Waals surface area contributed by atoms with Crippen molar-refractivity contribution in [1.82, 2.24) is 5.32 Å². The lowest BCUT2D eigenvalue weighted by molar-refractivity contribution is -0.148. The number of rotatable bonds is 5. The van der Waals surface area contributed by atoms with Gasteiger partial charge in [-0.25, -0.2) is 8.42 Å². The normalized spacial score (nSPS) is 25.1. The Morgan fingerprint density at radius 3 is 2.68 bits per heavy atom. The predicted octanol–water partition coefficient (Wildman–Crippen LogP) is 1.84. The van der Waals surface area contributed by atoms with E-state index in [0.29, 0.717) is 30.0 Å². The van der Waals surface area contributed by atoms with Gasteiger partial charge in [0.15, 0.2) is 9.84 Å². The summed E-state index contributed by atoms with van der Waals surface area (Å²) >= 11 is 0. The van der Waals surface area contributed by atoms with E-state index in [1.807, 2.05) is 12.1 Å². The van der Waals surface area contributed by atoms with Crippen LogP contribution < -0.4 is 5.32 Å². The number of carbonyl (C=O) groups excluding carboxylic acids is 1. The molecule has 1 aliphatic heterocycles. The molecule has 22 heavy (non-hydrogen) atoms. The smallest absolute Gasteiger partial charge is 0.310 e. The van der Waals surface area contributed by atoms with Gasteiger partial charge in [-0.05, 0) is 44.4 Å². The third kappa shape index (κ3) is 2.77. The molecule has 120 valence electrons. The molecule has 0 amide bonds. The molecule has 1 N–H and O–H groups in total. The maximum atomic E-state index is 12.6. The zero-order valence-electron chi connectivity index (χ0n) is 12.6. The molecule has 2 atom stereocenters.